The highest BCUT2D eigenvalue weighted by Gasteiger charge is 2.27. The molecule has 1 aliphatic heterocycles. The molecular weight excluding hydrogens is 284 g/mol. The highest BCUT2D eigenvalue weighted by atomic mass is 16.5. The number of carbonyl (C=O) groups is 1. The first-order chi connectivity index (χ1) is 10.7. The molecule has 1 N–H and O–H groups in total. The molecule has 0 bridgehead atoms. The predicted octanol–water partition coefficient (Wildman–Crippen LogP) is -0.319. The SMILES string of the molecule is CN=C(NCCCOC)N1CCN(c2cnn(C)c2)C(=O)C1. The molecule has 122 valence electrons. The minimum atomic E-state index is 0.0547. The number of rotatable bonds is 5. The van der Waals surface area contributed by atoms with Gasteiger partial charge < -0.3 is 19.9 Å². The zero-order valence-electron chi connectivity index (χ0n) is 13.4. The van der Waals surface area contributed by atoms with Crippen LogP contribution in [0.25, 0.3) is 0 Å². The molecule has 1 aliphatic rings. The minimum absolute atomic E-state index is 0.0547. The first-order valence-electron chi connectivity index (χ1n) is 7.39. The van der Waals surface area contributed by atoms with E-state index in [4.69, 9.17) is 4.74 Å². The van der Waals surface area contributed by atoms with Gasteiger partial charge in [-0.2, -0.15) is 5.10 Å². The van der Waals surface area contributed by atoms with Crippen molar-refractivity contribution in [3.8, 4) is 0 Å². The zero-order valence-corrected chi connectivity index (χ0v) is 13.4. The Hall–Kier alpha value is -2.09. The van der Waals surface area contributed by atoms with Crippen LogP contribution in [0.2, 0.25) is 0 Å². The number of nitrogens with one attached hydrogen (secondary N) is 1. The average Bonchev–Trinajstić information content (AvgIpc) is 2.93. The van der Waals surface area contributed by atoms with E-state index in [-0.39, 0.29) is 5.91 Å². The number of carbonyl (C=O) groups excluding carboxylic acids is 1. The van der Waals surface area contributed by atoms with Crippen molar-refractivity contribution in [2.45, 2.75) is 6.42 Å². The number of guanidine groups is 1. The van der Waals surface area contributed by atoms with Crippen molar-refractivity contribution < 1.29 is 9.53 Å². The molecule has 2 heterocycles. The molecule has 8 nitrogen and oxygen atoms in total. The summed E-state index contributed by atoms with van der Waals surface area (Å²) in [4.78, 5) is 20.3. The third-order valence-corrected chi connectivity index (χ3v) is 3.54. The summed E-state index contributed by atoms with van der Waals surface area (Å²) in [6, 6.07) is 0. The standard InChI is InChI=1S/C14H24N6O2/c1-15-14(16-5-4-8-22-3)19-6-7-20(13(21)11-19)12-9-17-18(2)10-12/h9-10H,4-8,11H2,1-3H3,(H,15,16). The zero-order chi connectivity index (χ0) is 15.9. The molecule has 0 aromatic carbocycles. The molecule has 0 aliphatic carbocycles. The number of aryl methyl sites for hydroxylation is 1. The van der Waals surface area contributed by atoms with Gasteiger partial charge in [0, 0.05) is 53.6 Å². The Morgan fingerprint density at radius 1 is 1.50 bits per heavy atom. The molecule has 1 aromatic rings. The van der Waals surface area contributed by atoms with E-state index in [9.17, 15) is 4.79 Å². The number of aliphatic imine (C=N–C) groups is 1. The first kappa shape index (κ1) is 16.3. The topological polar surface area (TPSA) is 75.0 Å². The van der Waals surface area contributed by atoms with Crippen molar-refractivity contribution in [2.24, 2.45) is 12.0 Å². The Kier molecular flexibility index (Phi) is 5.76. The number of methoxy groups -OCH3 is 1. The summed E-state index contributed by atoms with van der Waals surface area (Å²) in [5.41, 5.74) is 0.843. The van der Waals surface area contributed by atoms with Crippen LogP contribution in [0.1, 0.15) is 6.42 Å². The van der Waals surface area contributed by atoms with Crippen LogP contribution in [-0.2, 0) is 16.6 Å². The van der Waals surface area contributed by atoms with Gasteiger partial charge in [-0.05, 0) is 6.42 Å². The van der Waals surface area contributed by atoms with Crippen molar-refractivity contribution in [3.63, 3.8) is 0 Å². The molecule has 1 amide bonds. The van der Waals surface area contributed by atoms with Crippen LogP contribution in [0.5, 0.6) is 0 Å². The lowest BCUT2D eigenvalue weighted by molar-refractivity contribution is -0.120. The number of piperazine rings is 1. The molecule has 1 fully saturated rings. The molecule has 0 saturated carbocycles. The lowest BCUT2D eigenvalue weighted by Crippen LogP contribution is -2.55. The summed E-state index contributed by atoms with van der Waals surface area (Å²) in [6.07, 6.45) is 4.47. The van der Waals surface area contributed by atoms with Crippen molar-refractivity contribution in [2.75, 3.05) is 51.8 Å². The summed E-state index contributed by atoms with van der Waals surface area (Å²) in [5.74, 6) is 0.814. The van der Waals surface area contributed by atoms with E-state index in [2.05, 4.69) is 15.4 Å². The lowest BCUT2D eigenvalue weighted by Gasteiger charge is -2.35. The normalized spacial score (nSPS) is 16.3. The van der Waals surface area contributed by atoms with Gasteiger partial charge in [0.1, 0.15) is 6.54 Å². The number of hydrogen-bond donors (Lipinski definition) is 1. The van der Waals surface area contributed by atoms with E-state index in [1.165, 1.54) is 0 Å². The van der Waals surface area contributed by atoms with Crippen molar-refractivity contribution in [3.05, 3.63) is 12.4 Å². The van der Waals surface area contributed by atoms with Gasteiger partial charge in [0.05, 0.1) is 11.9 Å². The Morgan fingerprint density at radius 3 is 2.91 bits per heavy atom. The molecule has 0 spiro atoms. The van der Waals surface area contributed by atoms with E-state index in [1.54, 1.807) is 29.9 Å². The van der Waals surface area contributed by atoms with Gasteiger partial charge in [-0.15, -0.1) is 0 Å². The Morgan fingerprint density at radius 2 is 2.32 bits per heavy atom. The second-order valence-electron chi connectivity index (χ2n) is 5.16. The fourth-order valence-electron chi connectivity index (χ4n) is 2.42. The van der Waals surface area contributed by atoms with E-state index in [1.807, 2.05) is 18.1 Å². The Balaban J connectivity index is 1.89. The number of aromatic nitrogens is 2. The van der Waals surface area contributed by atoms with Crippen LogP contribution in [0.4, 0.5) is 5.69 Å². The van der Waals surface area contributed by atoms with E-state index >= 15 is 0 Å². The number of ether oxygens (including phenoxy) is 1. The summed E-state index contributed by atoms with van der Waals surface area (Å²) < 4.78 is 6.72. The summed E-state index contributed by atoms with van der Waals surface area (Å²) in [6.45, 7) is 3.17. The second-order valence-corrected chi connectivity index (χ2v) is 5.16. The molecule has 1 aromatic heterocycles. The third-order valence-electron chi connectivity index (χ3n) is 3.54. The van der Waals surface area contributed by atoms with Crippen LogP contribution >= 0.6 is 0 Å². The van der Waals surface area contributed by atoms with Gasteiger partial charge in [0.15, 0.2) is 5.96 Å². The van der Waals surface area contributed by atoms with Crippen molar-refractivity contribution in [1.29, 1.82) is 0 Å². The maximum atomic E-state index is 12.4. The first-order valence-corrected chi connectivity index (χ1v) is 7.39. The minimum Gasteiger partial charge on any atom is -0.385 e. The summed E-state index contributed by atoms with van der Waals surface area (Å²) in [7, 11) is 5.26. The van der Waals surface area contributed by atoms with Crippen LogP contribution in [0.3, 0.4) is 0 Å². The largest absolute Gasteiger partial charge is 0.385 e. The highest BCUT2D eigenvalue weighted by Crippen LogP contribution is 2.15. The van der Waals surface area contributed by atoms with Crippen LogP contribution in [0.15, 0.2) is 17.4 Å². The number of amides is 1. The van der Waals surface area contributed by atoms with Gasteiger partial charge in [-0.25, -0.2) is 0 Å². The van der Waals surface area contributed by atoms with Gasteiger partial charge in [-0.3, -0.25) is 14.5 Å². The van der Waals surface area contributed by atoms with Crippen LogP contribution in [-0.4, -0.2) is 73.5 Å². The third kappa shape index (κ3) is 3.97. The van der Waals surface area contributed by atoms with Gasteiger partial charge in [0.25, 0.3) is 0 Å². The Labute approximate surface area is 130 Å². The van der Waals surface area contributed by atoms with Crippen LogP contribution < -0.4 is 10.2 Å². The van der Waals surface area contributed by atoms with Crippen molar-refractivity contribution in [1.82, 2.24) is 20.0 Å². The number of hydrogen-bond acceptors (Lipinski definition) is 4. The monoisotopic (exact) mass is 308 g/mol. The fraction of sp³-hybridized carbons (Fsp3) is 0.643. The highest BCUT2D eigenvalue weighted by molar-refractivity contribution is 5.98. The number of nitrogens with zero attached hydrogens (tertiary/aromatic N) is 5. The number of anilines is 1. The Bertz CT molecular complexity index is 527. The van der Waals surface area contributed by atoms with Gasteiger partial charge >= 0.3 is 0 Å². The maximum Gasteiger partial charge on any atom is 0.246 e. The molecule has 0 atom stereocenters. The van der Waals surface area contributed by atoms with E-state index in [0.717, 1.165) is 31.2 Å². The molecule has 2 rings (SSSR count). The molecule has 1 saturated heterocycles. The lowest BCUT2D eigenvalue weighted by atomic mass is 10.3. The maximum absolute atomic E-state index is 12.4. The average molecular weight is 308 g/mol. The van der Waals surface area contributed by atoms with Gasteiger partial charge in [-0.1, -0.05) is 0 Å². The fourth-order valence-corrected chi connectivity index (χ4v) is 2.42. The van der Waals surface area contributed by atoms with E-state index < -0.39 is 0 Å². The molecular formula is C14H24N6O2. The molecule has 0 radical (unpaired) electrons. The van der Waals surface area contributed by atoms with Gasteiger partial charge in [0.2, 0.25) is 5.91 Å². The summed E-state index contributed by atoms with van der Waals surface area (Å²) >= 11 is 0. The predicted molar refractivity (Wildman–Crippen MR) is 85.0 cm³/mol. The van der Waals surface area contributed by atoms with E-state index in [0.29, 0.717) is 19.7 Å². The van der Waals surface area contributed by atoms with Crippen molar-refractivity contribution >= 4 is 17.6 Å². The molecule has 22 heavy (non-hydrogen) atoms. The molecule has 8 heteroatoms. The quantitative estimate of drug-likeness (QED) is 0.458. The smallest absolute Gasteiger partial charge is 0.246 e. The molecule has 0 unspecified atom stereocenters. The van der Waals surface area contributed by atoms with Crippen LogP contribution in [0, 0.1) is 0 Å². The second kappa shape index (κ2) is 7.79. The summed E-state index contributed by atoms with van der Waals surface area (Å²) in [5, 5.41) is 7.38.